The highest BCUT2D eigenvalue weighted by molar-refractivity contribution is 6.16. The zero-order valence-electron chi connectivity index (χ0n) is 27.3. The van der Waals surface area contributed by atoms with Crippen LogP contribution in [0.2, 0.25) is 0 Å². The first-order valence-electron chi connectivity index (χ1n) is 17.1. The van der Waals surface area contributed by atoms with E-state index in [-0.39, 0.29) is 0 Å². The maximum Gasteiger partial charge on any atom is 0.143 e. The van der Waals surface area contributed by atoms with Crippen LogP contribution in [-0.2, 0) is 0 Å². The van der Waals surface area contributed by atoms with E-state index in [0.29, 0.717) is 0 Å². The molecule has 10 rings (SSSR count). The van der Waals surface area contributed by atoms with Gasteiger partial charge >= 0.3 is 0 Å². The Balaban J connectivity index is 1.15. The number of rotatable bonds is 5. The second kappa shape index (κ2) is 11.5. The minimum absolute atomic E-state index is 0.898. The summed E-state index contributed by atoms with van der Waals surface area (Å²) in [5.74, 6) is 0. The fourth-order valence-corrected chi connectivity index (χ4v) is 7.67. The molecule has 0 unspecified atom stereocenters. The molecule has 0 radical (unpaired) electrons. The first kappa shape index (κ1) is 28.4. The summed E-state index contributed by atoms with van der Waals surface area (Å²) in [6.45, 7) is 0. The first-order valence-corrected chi connectivity index (χ1v) is 17.1. The van der Waals surface area contributed by atoms with E-state index in [0.717, 1.165) is 61.3 Å². The average Bonchev–Trinajstić information content (AvgIpc) is 3.58. The van der Waals surface area contributed by atoms with E-state index >= 15 is 0 Å². The molecule has 0 spiro atoms. The van der Waals surface area contributed by atoms with Crippen LogP contribution in [0.4, 0.5) is 17.1 Å². The van der Waals surface area contributed by atoms with Gasteiger partial charge in [-0.1, -0.05) is 146 Å². The number of fused-ring (bicyclic) bond motifs is 7. The molecule has 234 valence electrons. The van der Waals surface area contributed by atoms with Gasteiger partial charge in [0.25, 0.3) is 0 Å². The zero-order valence-corrected chi connectivity index (χ0v) is 27.3. The first-order chi connectivity index (χ1) is 24.8. The molecule has 2 nitrogen and oxygen atoms in total. The monoisotopic (exact) mass is 637 g/mol. The van der Waals surface area contributed by atoms with Crippen molar-refractivity contribution in [3.8, 4) is 22.3 Å². The minimum Gasteiger partial charge on any atom is -0.455 e. The summed E-state index contributed by atoms with van der Waals surface area (Å²) >= 11 is 0. The van der Waals surface area contributed by atoms with Gasteiger partial charge in [-0.2, -0.15) is 0 Å². The third-order valence-electron chi connectivity index (χ3n) is 10.0. The lowest BCUT2D eigenvalue weighted by Crippen LogP contribution is -2.10. The summed E-state index contributed by atoms with van der Waals surface area (Å²) in [5.41, 5.74) is 9.72. The Kier molecular flexibility index (Phi) is 6.53. The molecule has 0 N–H and O–H groups in total. The van der Waals surface area contributed by atoms with E-state index in [4.69, 9.17) is 4.42 Å². The largest absolute Gasteiger partial charge is 0.455 e. The van der Waals surface area contributed by atoms with Crippen molar-refractivity contribution in [3.63, 3.8) is 0 Å². The van der Waals surface area contributed by atoms with Gasteiger partial charge in [0, 0.05) is 33.1 Å². The zero-order chi connectivity index (χ0) is 33.0. The highest BCUT2D eigenvalue weighted by atomic mass is 16.3. The molecule has 10 aromatic rings. The fourth-order valence-electron chi connectivity index (χ4n) is 7.67. The van der Waals surface area contributed by atoms with Gasteiger partial charge in [0.1, 0.15) is 11.2 Å². The number of furan rings is 1. The number of nitrogens with zero attached hydrogens (tertiary/aromatic N) is 1. The lowest BCUT2D eigenvalue weighted by atomic mass is 9.94. The van der Waals surface area contributed by atoms with Gasteiger partial charge in [-0.05, 0) is 86.1 Å². The van der Waals surface area contributed by atoms with Gasteiger partial charge in [0.05, 0.1) is 5.69 Å². The van der Waals surface area contributed by atoms with Crippen LogP contribution in [0.5, 0.6) is 0 Å². The standard InChI is InChI=1S/C48H31NO/c1-2-11-33(12-3-1)43-30-29-42(47-44-18-8-9-20-46(44)50-48(43)47)35-23-25-37(26-24-35)49(45-19-10-15-32-13-5-7-17-41(32)45)38-27-28-40-36(31-38)22-21-34-14-4-6-16-39(34)40/h1-31H. The van der Waals surface area contributed by atoms with Crippen LogP contribution < -0.4 is 4.90 Å². The third kappa shape index (κ3) is 4.57. The Bertz CT molecular complexity index is 2860. The smallest absolute Gasteiger partial charge is 0.143 e. The van der Waals surface area contributed by atoms with Crippen molar-refractivity contribution in [1.82, 2.24) is 0 Å². The molecule has 9 aromatic carbocycles. The number of benzene rings is 9. The molecule has 0 saturated carbocycles. The van der Waals surface area contributed by atoms with Gasteiger partial charge in [-0.25, -0.2) is 0 Å². The van der Waals surface area contributed by atoms with Crippen LogP contribution in [0, 0.1) is 0 Å². The third-order valence-corrected chi connectivity index (χ3v) is 10.0. The van der Waals surface area contributed by atoms with Gasteiger partial charge in [0.2, 0.25) is 0 Å². The van der Waals surface area contributed by atoms with E-state index in [2.05, 4.69) is 187 Å². The molecule has 0 bridgehead atoms. The van der Waals surface area contributed by atoms with Gasteiger partial charge in [-0.15, -0.1) is 0 Å². The molecular formula is C48H31NO. The van der Waals surface area contributed by atoms with Crippen LogP contribution in [0.1, 0.15) is 0 Å². The van der Waals surface area contributed by atoms with Gasteiger partial charge in [-0.3, -0.25) is 0 Å². The molecule has 0 aliphatic carbocycles. The lowest BCUT2D eigenvalue weighted by molar-refractivity contribution is 0.670. The summed E-state index contributed by atoms with van der Waals surface area (Å²) in [6, 6.07) is 67.5. The Morgan fingerprint density at radius 3 is 1.80 bits per heavy atom. The van der Waals surface area contributed by atoms with E-state index in [1.165, 1.54) is 32.3 Å². The van der Waals surface area contributed by atoms with Crippen LogP contribution >= 0.6 is 0 Å². The van der Waals surface area contributed by atoms with Crippen LogP contribution in [0.3, 0.4) is 0 Å². The van der Waals surface area contributed by atoms with Crippen molar-refractivity contribution in [2.24, 2.45) is 0 Å². The summed E-state index contributed by atoms with van der Waals surface area (Å²) in [6.07, 6.45) is 0. The molecule has 0 atom stereocenters. The van der Waals surface area contributed by atoms with Crippen molar-refractivity contribution in [2.75, 3.05) is 4.90 Å². The number of para-hydroxylation sites is 1. The van der Waals surface area contributed by atoms with Crippen LogP contribution in [-0.4, -0.2) is 0 Å². The predicted octanol–water partition coefficient (Wildman–Crippen LogP) is 13.8. The van der Waals surface area contributed by atoms with E-state index in [1.807, 2.05) is 6.07 Å². The van der Waals surface area contributed by atoms with Crippen molar-refractivity contribution in [2.45, 2.75) is 0 Å². The summed E-state index contributed by atoms with van der Waals surface area (Å²) < 4.78 is 6.57. The maximum atomic E-state index is 6.57. The fraction of sp³-hybridized carbons (Fsp3) is 0. The molecule has 0 aliphatic rings. The van der Waals surface area contributed by atoms with Crippen LogP contribution in [0.15, 0.2) is 192 Å². The summed E-state index contributed by atoms with van der Waals surface area (Å²) in [7, 11) is 0. The Morgan fingerprint density at radius 1 is 0.360 bits per heavy atom. The molecular weight excluding hydrogens is 607 g/mol. The molecule has 0 aliphatic heterocycles. The SMILES string of the molecule is c1ccc(-c2ccc(-c3ccc(N(c4ccc5c(ccc6ccccc65)c4)c4cccc5ccccc45)cc3)c3c2oc2ccccc23)cc1. The highest BCUT2D eigenvalue weighted by Gasteiger charge is 2.19. The predicted molar refractivity (Wildman–Crippen MR) is 212 cm³/mol. The average molecular weight is 638 g/mol. The molecule has 1 heterocycles. The van der Waals surface area contributed by atoms with E-state index in [9.17, 15) is 0 Å². The Morgan fingerprint density at radius 2 is 0.960 bits per heavy atom. The normalized spacial score (nSPS) is 11.6. The molecule has 1 aromatic heterocycles. The molecule has 50 heavy (non-hydrogen) atoms. The second-order valence-corrected chi connectivity index (χ2v) is 12.9. The second-order valence-electron chi connectivity index (χ2n) is 12.9. The van der Waals surface area contributed by atoms with Crippen LogP contribution in [0.25, 0.3) is 76.5 Å². The van der Waals surface area contributed by atoms with Crippen molar-refractivity contribution in [1.29, 1.82) is 0 Å². The van der Waals surface area contributed by atoms with E-state index < -0.39 is 0 Å². The van der Waals surface area contributed by atoms with Gasteiger partial charge in [0.15, 0.2) is 0 Å². The Labute approximate surface area is 290 Å². The topological polar surface area (TPSA) is 16.4 Å². The Hall–Kier alpha value is -6.64. The number of hydrogen-bond acceptors (Lipinski definition) is 2. The number of anilines is 3. The summed E-state index contributed by atoms with van der Waals surface area (Å²) in [4.78, 5) is 2.39. The highest BCUT2D eigenvalue weighted by Crippen LogP contribution is 2.44. The quantitative estimate of drug-likeness (QED) is 0.175. The van der Waals surface area contributed by atoms with Crippen molar-refractivity contribution >= 4 is 71.3 Å². The maximum absolute atomic E-state index is 6.57. The minimum atomic E-state index is 0.898. The lowest BCUT2D eigenvalue weighted by Gasteiger charge is -2.27. The molecule has 2 heteroatoms. The van der Waals surface area contributed by atoms with Gasteiger partial charge < -0.3 is 9.32 Å². The summed E-state index contributed by atoms with van der Waals surface area (Å²) in [5, 5.41) is 9.69. The van der Waals surface area contributed by atoms with Crippen molar-refractivity contribution in [3.05, 3.63) is 188 Å². The molecule has 0 amide bonds. The molecule has 0 saturated heterocycles. The number of hydrogen-bond donors (Lipinski definition) is 0. The van der Waals surface area contributed by atoms with E-state index in [1.54, 1.807) is 0 Å². The molecule has 0 fully saturated rings. The van der Waals surface area contributed by atoms with Crippen molar-refractivity contribution < 1.29 is 4.42 Å².